The summed E-state index contributed by atoms with van der Waals surface area (Å²) in [4.78, 5) is 21.5. The van der Waals surface area contributed by atoms with Crippen molar-refractivity contribution in [2.75, 3.05) is 0 Å². The van der Waals surface area contributed by atoms with Crippen molar-refractivity contribution in [3.8, 4) is 0 Å². The molecule has 0 aliphatic rings. The first-order chi connectivity index (χ1) is 4.63. The molecule has 0 spiro atoms. The van der Waals surface area contributed by atoms with Crippen LogP contribution in [0.5, 0.6) is 0 Å². The van der Waals surface area contributed by atoms with Crippen LogP contribution in [0.25, 0.3) is 0 Å². The van der Waals surface area contributed by atoms with Crippen molar-refractivity contribution in [2.24, 2.45) is 7.05 Å². The normalized spacial score (nSPS) is 9.80. The Balaban J connectivity index is 3.66. The van der Waals surface area contributed by atoms with Crippen LogP contribution in [0.1, 0.15) is 0 Å². The highest BCUT2D eigenvalue weighted by molar-refractivity contribution is 6.15. The van der Waals surface area contributed by atoms with Crippen molar-refractivity contribution in [3.05, 3.63) is 33.1 Å². The van der Waals surface area contributed by atoms with Gasteiger partial charge < -0.3 is 0 Å². The number of halogens is 1. The largest absolute Gasteiger partial charge is 0.345 e. The van der Waals surface area contributed by atoms with Gasteiger partial charge in [0.2, 0.25) is 0 Å². The van der Waals surface area contributed by atoms with Crippen LogP contribution >= 0.6 is 11.8 Å². The van der Waals surface area contributed by atoms with Crippen molar-refractivity contribution >= 4 is 11.8 Å². The van der Waals surface area contributed by atoms with Crippen LogP contribution in [0.2, 0.25) is 0 Å². The Hall–Kier alpha value is -1.03. The zero-order chi connectivity index (χ0) is 7.72. The van der Waals surface area contributed by atoms with Crippen LogP contribution in [0.4, 0.5) is 0 Å². The molecule has 1 aromatic rings. The fraction of sp³-hybridized carbons (Fsp3) is 0.200. The summed E-state index contributed by atoms with van der Waals surface area (Å²) in [6, 6.07) is 1.22. The summed E-state index contributed by atoms with van der Waals surface area (Å²) in [6.45, 7) is 0. The van der Waals surface area contributed by atoms with Gasteiger partial charge in [-0.2, -0.15) is 0 Å². The SMILES string of the molecule is Cn1c(=O)ccn(Cl)c1=O. The Labute approximate surface area is 61.4 Å². The highest BCUT2D eigenvalue weighted by Crippen LogP contribution is 1.76. The van der Waals surface area contributed by atoms with E-state index in [0.29, 0.717) is 0 Å². The molecular formula is C5H5ClN2O2. The van der Waals surface area contributed by atoms with Gasteiger partial charge in [-0.3, -0.25) is 9.36 Å². The minimum Gasteiger partial charge on any atom is -0.269 e. The molecule has 1 aromatic heterocycles. The van der Waals surface area contributed by atoms with Crippen molar-refractivity contribution in [1.82, 2.24) is 8.65 Å². The first kappa shape index (κ1) is 7.08. The predicted molar refractivity (Wildman–Crippen MR) is 37.2 cm³/mol. The number of hydrogen-bond donors (Lipinski definition) is 0. The minimum atomic E-state index is -0.533. The van der Waals surface area contributed by atoms with Crippen molar-refractivity contribution < 1.29 is 0 Å². The highest BCUT2D eigenvalue weighted by atomic mass is 35.5. The Morgan fingerprint density at radius 1 is 1.50 bits per heavy atom. The van der Waals surface area contributed by atoms with Gasteiger partial charge in [-0.15, -0.1) is 0 Å². The lowest BCUT2D eigenvalue weighted by Crippen LogP contribution is -2.33. The topological polar surface area (TPSA) is 44.0 Å². The van der Waals surface area contributed by atoms with Gasteiger partial charge in [0.15, 0.2) is 0 Å². The van der Waals surface area contributed by atoms with E-state index < -0.39 is 5.69 Å². The second kappa shape index (κ2) is 2.30. The smallest absolute Gasteiger partial charge is 0.269 e. The van der Waals surface area contributed by atoms with Crippen molar-refractivity contribution in [2.45, 2.75) is 0 Å². The van der Waals surface area contributed by atoms with Crippen molar-refractivity contribution in [3.63, 3.8) is 0 Å². The molecule has 0 aliphatic carbocycles. The van der Waals surface area contributed by atoms with E-state index in [1.54, 1.807) is 0 Å². The molecule has 10 heavy (non-hydrogen) atoms. The van der Waals surface area contributed by atoms with E-state index in [4.69, 9.17) is 11.8 Å². The monoisotopic (exact) mass is 160 g/mol. The molecule has 0 radical (unpaired) electrons. The zero-order valence-corrected chi connectivity index (χ0v) is 6.00. The third-order valence-electron chi connectivity index (χ3n) is 1.15. The second-order valence-electron chi connectivity index (χ2n) is 1.81. The fourth-order valence-corrected chi connectivity index (χ4v) is 0.712. The number of nitrogens with zero attached hydrogens (tertiary/aromatic N) is 2. The van der Waals surface area contributed by atoms with E-state index in [9.17, 15) is 9.59 Å². The van der Waals surface area contributed by atoms with Gasteiger partial charge in [0.1, 0.15) is 0 Å². The van der Waals surface area contributed by atoms with E-state index in [1.165, 1.54) is 19.3 Å². The second-order valence-corrected chi connectivity index (χ2v) is 2.17. The predicted octanol–water partition coefficient (Wildman–Crippen LogP) is -0.451. The van der Waals surface area contributed by atoms with Gasteiger partial charge in [-0.25, -0.2) is 8.88 Å². The van der Waals surface area contributed by atoms with Crippen LogP contribution in [-0.2, 0) is 7.05 Å². The summed E-state index contributed by atoms with van der Waals surface area (Å²) < 4.78 is 1.74. The van der Waals surface area contributed by atoms with Crippen LogP contribution in [0, 0.1) is 0 Å². The van der Waals surface area contributed by atoms with Crippen molar-refractivity contribution in [1.29, 1.82) is 0 Å². The number of hydrogen-bond acceptors (Lipinski definition) is 2. The Kier molecular flexibility index (Phi) is 1.63. The standard InChI is InChI=1S/C5H5ClN2O2/c1-7-4(9)2-3-8(6)5(7)10/h2-3H,1H3. The molecular weight excluding hydrogens is 156 g/mol. The molecule has 0 amide bonds. The molecule has 0 N–H and O–H groups in total. The van der Waals surface area contributed by atoms with Crippen LogP contribution in [-0.4, -0.2) is 8.65 Å². The van der Waals surface area contributed by atoms with Gasteiger partial charge in [0.05, 0.1) is 0 Å². The maximum atomic E-state index is 10.8. The molecule has 0 bridgehead atoms. The molecule has 54 valence electrons. The molecule has 1 rings (SSSR count). The summed E-state index contributed by atoms with van der Waals surface area (Å²) in [5.41, 5.74) is -0.893. The van der Waals surface area contributed by atoms with Gasteiger partial charge in [0.25, 0.3) is 5.56 Å². The molecule has 0 saturated heterocycles. The van der Waals surface area contributed by atoms with Crippen LogP contribution in [0.15, 0.2) is 21.9 Å². The van der Waals surface area contributed by atoms with Gasteiger partial charge in [0, 0.05) is 31.1 Å². The quantitative estimate of drug-likeness (QED) is 0.516. The Morgan fingerprint density at radius 3 is 2.60 bits per heavy atom. The number of rotatable bonds is 0. The molecule has 5 heteroatoms. The van der Waals surface area contributed by atoms with Gasteiger partial charge in [-0.1, -0.05) is 0 Å². The van der Waals surface area contributed by atoms with Gasteiger partial charge >= 0.3 is 5.69 Å². The highest BCUT2D eigenvalue weighted by Gasteiger charge is 1.95. The maximum Gasteiger partial charge on any atom is 0.345 e. The molecule has 0 unspecified atom stereocenters. The van der Waals surface area contributed by atoms with E-state index in [2.05, 4.69) is 0 Å². The summed E-state index contributed by atoms with van der Waals surface area (Å²) >= 11 is 5.33. The van der Waals surface area contributed by atoms with Gasteiger partial charge in [-0.05, 0) is 0 Å². The van der Waals surface area contributed by atoms with Crippen LogP contribution < -0.4 is 11.2 Å². The average Bonchev–Trinajstić information content (AvgIpc) is 1.93. The van der Waals surface area contributed by atoms with E-state index in [0.717, 1.165) is 8.65 Å². The molecule has 0 saturated carbocycles. The average molecular weight is 161 g/mol. The summed E-state index contributed by atoms with van der Waals surface area (Å²) in [5.74, 6) is 0. The first-order valence-corrected chi connectivity index (χ1v) is 2.91. The van der Waals surface area contributed by atoms with E-state index >= 15 is 0 Å². The molecule has 0 atom stereocenters. The van der Waals surface area contributed by atoms with E-state index in [-0.39, 0.29) is 5.56 Å². The molecule has 1 heterocycles. The third kappa shape index (κ3) is 0.974. The first-order valence-electron chi connectivity index (χ1n) is 2.58. The summed E-state index contributed by atoms with van der Waals surface area (Å²) in [6.07, 6.45) is 1.21. The Morgan fingerprint density at radius 2 is 2.10 bits per heavy atom. The maximum absolute atomic E-state index is 10.8. The Bertz CT molecular complexity index is 351. The van der Waals surface area contributed by atoms with E-state index in [1.807, 2.05) is 0 Å². The summed E-state index contributed by atoms with van der Waals surface area (Å²) in [7, 11) is 1.36. The molecule has 4 nitrogen and oxygen atoms in total. The fourth-order valence-electron chi connectivity index (χ4n) is 0.542. The molecule has 0 aromatic carbocycles. The molecule has 0 fully saturated rings. The van der Waals surface area contributed by atoms with Crippen LogP contribution in [0.3, 0.4) is 0 Å². The minimum absolute atomic E-state index is 0.359. The lowest BCUT2D eigenvalue weighted by molar-refractivity contribution is 0.756. The lowest BCUT2D eigenvalue weighted by Gasteiger charge is -1.94. The lowest BCUT2D eigenvalue weighted by atomic mass is 10.6. The number of aromatic nitrogens is 2. The third-order valence-corrected chi connectivity index (χ3v) is 1.41. The zero-order valence-electron chi connectivity index (χ0n) is 5.24. The summed E-state index contributed by atoms with van der Waals surface area (Å²) in [5, 5.41) is 0. The molecule has 0 aliphatic heterocycles.